The van der Waals surface area contributed by atoms with Gasteiger partial charge in [-0.1, -0.05) is 0 Å². The van der Waals surface area contributed by atoms with E-state index in [1.165, 1.54) is 18.4 Å². The van der Waals surface area contributed by atoms with Gasteiger partial charge in [0.15, 0.2) is 0 Å². The van der Waals surface area contributed by atoms with Crippen molar-refractivity contribution >= 4 is 27.9 Å². The Morgan fingerprint density at radius 1 is 1.67 bits per heavy atom. The fourth-order valence-electron chi connectivity index (χ4n) is 1.49. The van der Waals surface area contributed by atoms with E-state index in [1.807, 2.05) is 13.0 Å². The SMILES string of the molecule is CNC(=O)c1c(NC(C)COC)sc(C#N)c1N. The topological polar surface area (TPSA) is 100 Å². The van der Waals surface area contributed by atoms with E-state index in [1.54, 1.807) is 7.11 Å². The van der Waals surface area contributed by atoms with Crippen LogP contribution in [0.25, 0.3) is 0 Å². The zero-order chi connectivity index (χ0) is 13.7. The number of ether oxygens (including phenoxy) is 1. The molecule has 1 atom stereocenters. The molecule has 7 heteroatoms. The van der Waals surface area contributed by atoms with Crippen molar-refractivity contribution in [3.8, 4) is 6.07 Å². The summed E-state index contributed by atoms with van der Waals surface area (Å²) in [6.07, 6.45) is 0. The van der Waals surface area contributed by atoms with Gasteiger partial charge < -0.3 is 21.1 Å². The molecule has 0 saturated carbocycles. The van der Waals surface area contributed by atoms with Crippen LogP contribution in [0.15, 0.2) is 0 Å². The highest BCUT2D eigenvalue weighted by molar-refractivity contribution is 7.17. The minimum atomic E-state index is -0.308. The normalized spacial score (nSPS) is 11.7. The lowest BCUT2D eigenvalue weighted by atomic mass is 10.2. The lowest BCUT2D eigenvalue weighted by Crippen LogP contribution is -2.24. The van der Waals surface area contributed by atoms with E-state index >= 15 is 0 Å². The third-order valence-corrected chi connectivity index (χ3v) is 3.34. The number of carbonyl (C=O) groups excluding carboxylic acids is 1. The Kier molecular flexibility index (Phi) is 4.95. The van der Waals surface area contributed by atoms with Crippen molar-refractivity contribution in [1.82, 2.24) is 5.32 Å². The van der Waals surface area contributed by atoms with Crippen molar-refractivity contribution in [2.75, 3.05) is 31.8 Å². The molecule has 0 aliphatic rings. The van der Waals surface area contributed by atoms with Gasteiger partial charge in [-0.25, -0.2) is 0 Å². The first-order valence-electron chi connectivity index (χ1n) is 5.35. The lowest BCUT2D eigenvalue weighted by Gasteiger charge is -2.13. The van der Waals surface area contributed by atoms with E-state index in [4.69, 9.17) is 15.7 Å². The van der Waals surface area contributed by atoms with Crippen molar-refractivity contribution < 1.29 is 9.53 Å². The number of nitrogens with two attached hydrogens (primary N) is 1. The molecule has 1 aromatic heterocycles. The van der Waals surface area contributed by atoms with Gasteiger partial charge in [-0.05, 0) is 6.92 Å². The highest BCUT2D eigenvalue weighted by atomic mass is 32.1. The Hall–Kier alpha value is -1.78. The molecule has 0 aliphatic carbocycles. The molecule has 18 heavy (non-hydrogen) atoms. The van der Waals surface area contributed by atoms with E-state index in [-0.39, 0.29) is 17.6 Å². The number of amides is 1. The van der Waals surface area contributed by atoms with Gasteiger partial charge in [0.05, 0.1) is 17.9 Å². The van der Waals surface area contributed by atoms with Gasteiger partial charge in [0.1, 0.15) is 15.9 Å². The number of nitrogen functional groups attached to an aromatic ring is 1. The average Bonchev–Trinajstić information content (AvgIpc) is 2.65. The molecule has 1 aromatic rings. The first-order valence-corrected chi connectivity index (χ1v) is 6.16. The lowest BCUT2D eigenvalue weighted by molar-refractivity contribution is 0.0965. The average molecular weight is 268 g/mol. The Bertz CT molecular complexity index is 478. The maximum absolute atomic E-state index is 11.8. The number of methoxy groups -OCH3 is 1. The van der Waals surface area contributed by atoms with Crippen LogP contribution in [0.3, 0.4) is 0 Å². The molecule has 0 aromatic carbocycles. The van der Waals surface area contributed by atoms with E-state index in [0.717, 1.165) is 0 Å². The predicted octanol–water partition coefficient (Wildman–Crippen LogP) is 1.01. The van der Waals surface area contributed by atoms with Crippen LogP contribution in [0.4, 0.5) is 10.7 Å². The van der Waals surface area contributed by atoms with Gasteiger partial charge in [-0.3, -0.25) is 4.79 Å². The zero-order valence-electron chi connectivity index (χ0n) is 10.5. The number of thiophene rings is 1. The molecule has 6 nitrogen and oxygen atoms in total. The summed E-state index contributed by atoms with van der Waals surface area (Å²) < 4.78 is 5.01. The second-order valence-corrected chi connectivity index (χ2v) is 4.76. The minimum absolute atomic E-state index is 0.0167. The predicted molar refractivity (Wildman–Crippen MR) is 71.8 cm³/mol. The smallest absolute Gasteiger partial charge is 0.256 e. The summed E-state index contributed by atoms with van der Waals surface area (Å²) in [5.74, 6) is -0.308. The van der Waals surface area contributed by atoms with Crippen LogP contribution >= 0.6 is 11.3 Å². The first kappa shape index (κ1) is 14.3. The molecule has 0 aliphatic heterocycles. The summed E-state index contributed by atoms with van der Waals surface area (Å²) >= 11 is 1.17. The fourth-order valence-corrected chi connectivity index (χ4v) is 2.52. The summed E-state index contributed by atoms with van der Waals surface area (Å²) in [7, 11) is 3.12. The second kappa shape index (κ2) is 6.23. The molecular formula is C11H16N4O2S. The third-order valence-electron chi connectivity index (χ3n) is 2.29. The van der Waals surface area contributed by atoms with E-state index in [2.05, 4.69) is 10.6 Å². The summed E-state index contributed by atoms with van der Waals surface area (Å²) in [4.78, 5) is 12.1. The molecule has 0 bridgehead atoms. The number of anilines is 2. The number of hydrogen-bond acceptors (Lipinski definition) is 6. The van der Waals surface area contributed by atoms with E-state index < -0.39 is 0 Å². The molecule has 0 fully saturated rings. The van der Waals surface area contributed by atoms with Crippen LogP contribution in [0.2, 0.25) is 0 Å². The monoisotopic (exact) mass is 268 g/mol. The Labute approximate surface area is 110 Å². The second-order valence-electron chi connectivity index (χ2n) is 3.74. The van der Waals surface area contributed by atoms with Crippen LogP contribution in [0.5, 0.6) is 0 Å². The molecule has 0 radical (unpaired) electrons. The molecule has 98 valence electrons. The van der Waals surface area contributed by atoms with Crippen LogP contribution in [0.1, 0.15) is 22.2 Å². The van der Waals surface area contributed by atoms with Crippen molar-refractivity contribution in [1.29, 1.82) is 5.26 Å². The Morgan fingerprint density at radius 2 is 2.33 bits per heavy atom. The highest BCUT2D eigenvalue weighted by Gasteiger charge is 2.22. The summed E-state index contributed by atoms with van der Waals surface area (Å²) in [6.45, 7) is 2.41. The summed E-state index contributed by atoms with van der Waals surface area (Å²) in [5, 5.41) is 15.2. The van der Waals surface area contributed by atoms with Crippen LogP contribution in [-0.2, 0) is 4.74 Å². The van der Waals surface area contributed by atoms with Gasteiger partial charge in [0.2, 0.25) is 0 Å². The van der Waals surface area contributed by atoms with Gasteiger partial charge in [0, 0.05) is 20.2 Å². The quantitative estimate of drug-likeness (QED) is 0.740. The molecular weight excluding hydrogens is 252 g/mol. The minimum Gasteiger partial charge on any atom is -0.396 e. The molecule has 4 N–H and O–H groups in total. The molecule has 1 rings (SSSR count). The van der Waals surface area contributed by atoms with E-state index in [9.17, 15) is 4.79 Å². The van der Waals surface area contributed by atoms with Crippen LogP contribution < -0.4 is 16.4 Å². The fraction of sp³-hybridized carbons (Fsp3) is 0.455. The standard InChI is InChI=1S/C11H16N4O2S/c1-6(5-17-3)15-11-8(10(16)14-2)9(13)7(4-12)18-11/h6,15H,5,13H2,1-3H3,(H,14,16). The number of carbonyl (C=O) groups is 1. The molecule has 1 amide bonds. The summed E-state index contributed by atoms with van der Waals surface area (Å²) in [5.41, 5.74) is 6.33. The first-order chi connectivity index (χ1) is 8.54. The molecule has 1 unspecified atom stereocenters. The van der Waals surface area contributed by atoms with Crippen molar-refractivity contribution in [3.05, 3.63) is 10.4 Å². The van der Waals surface area contributed by atoms with Crippen LogP contribution in [0, 0.1) is 11.3 Å². The molecule has 0 spiro atoms. The zero-order valence-corrected chi connectivity index (χ0v) is 11.4. The Balaban J connectivity index is 3.10. The van der Waals surface area contributed by atoms with Crippen molar-refractivity contribution in [2.24, 2.45) is 0 Å². The largest absolute Gasteiger partial charge is 0.396 e. The van der Waals surface area contributed by atoms with Crippen molar-refractivity contribution in [2.45, 2.75) is 13.0 Å². The Morgan fingerprint density at radius 3 is 2.83 bits per heavy atom. The molecule has 1 heterocycles. The highest BCUT2D eigenvalue weighted by Crippen LogP contribution is 2.35. The van der Waals surface area contributed by atoms with E-state index in [0.29, 0.717) is 22.0 Å². The number of nitrogens with zero attached hydrogens (tertiary/aromatic N) is 1. The maximum Gasteiger partial charge on any atom is 0.256 e. The van der Waals surface area contributed by atoms with Crippen LogP contribution in [-0.4, -0.2) is 32.7 Å². The number of nitrogens with one attached hydrogen (secondary N) is 2. The summed E-state index contributed by atoms with van der Waals surface area (Å²) in [6, 6.07) is 2.00. The van der Waals surface area contributed by atoms with Gasteiger partial charge in [-0.2, -0.15) is 5.26 Å². The van der Waals surface area contributed by atoms with Gasteiger partial charge in [0.25, 0.3) is 5.91 Å². The number of rotatable bonds is 5. The number of nitriles is 1. The number of hydrogen-bond donors (Lipinski definition) is 3. The third kappa shape index (κ3) is 2.91. The maximum atomic E-state index is 11.8. The van der Waals surface area contributed by atoms with Crippen molar-refractivity contribution in [3.63, 3.8) is 0 Å². The molecule has 0 saturated heterocycles. The van der Waals surface area contributed by atoms with Gasteiger partial charge in [-0.15, -0.1) is 11.3 Å². The van der Waals surface area contributed by atoms with Gasteiger partial charge >= 0.3 is 0 Å².